The largest absolute Gasteiger partial charge is 0.379 e. The van der Waals surface area contributed by atoms with Gasteiger partial charge in [0.05, 0.1) is 19.8 Å². The Hall–Kier alpha value is -2.45. The zero-order valence-corrected chi connectivity index (χ0v) is 17.1. The van der Waals surface area contributed by atoms with Crippen LogP contribution in [0.4, 0.5) is 0 Å². The Labute approximate surface area is 167 Å². The van der Waals surface area contributed by atoms with Crippen LogP contribution in [-0.2, 0) is 11.3 Å². The van der Waals surface area contributed by atoms with Crippen LogP contribution in [0, 0.1) is 6.92 Å². The first-order valence-corrected chi connectivity index (χ1v) is 9.96. The fraction of sp³-hybridized carbons (Fsp3) is 0.550. The summed E-state index contributed by atoms with van der Waals surface area (Å²) in [6.07, 6.45) is 5.57. The first-order valence-electron chi connectivity index (χ1n) is 9.96. The van der Waals surface area contributed by atoms with Crippen LogP contribution in [0.3, 0.4) is 0 Å². The molecule has 3 rings (SSSR count). The van der Waals surface area contributed by atoms with E-state index in [0.29, 0.717) is 12.6 Å². The molecular formula is C20H31N7O. The minimum Gasteiger partial charge on any atom is -0.379 e. The van der Waals surface area contributed by atoms with E-state index in [0.717, 1.165) is 62.6 Å². The molecule has 2 aromatic rings. The van der Waals surface area contributed by atoms with Crippen molar-refractivity contribution < 1.29 is 4.74 Å². The fourth-order valence-electron chi connectivity index (χ4n) is 3.18. The van der Waals surface area contributed by atoms with E-state index in [9.17, 15) is 0 Å². The summed E-state index contributed by atoms with van der Waals surface area (Å²) in [5.41, 5.74) is 1.07. The maximum absolute atomic E-state index is 5.43. The molecule has 1 atom stereocenters. The highest BCUT2D eigenvalue weighted by Crippen LogP contribution is 2.09. The standard InChI is InChI=1S/C20H31N7O/c1-4-21-20(24-13-16(2)26-9-11-28-12-10-26)25-15-18-5-6-19(23-14-18)27-8-7-22-17(27)3/h5-8,14,16H,4,9-13,15H2,1-3H3,(H2,21,24,25). The topological polar surface area (TPSA) is 79.6 Å². The van der Waals surface area contributed by atoms with Gasteiger partial charge in [-0.1, -0.05) is 6.07 Å². The number of guanidine groups is 1. The Morgan fingerprint density at radius 2 is 2.07 bits per heavy atom. The number of hydrogen-bond acceptors (Lipinski definition) is 5. The zero-order valence-electron chi connectivity index (χ0n) is 17.1. The number of nitrogens with one attached hydrogen (secondary N) is 2. The lowest BCUT2D eigenvalue weighted by atomic mass is 10.2. The van der Waals surface area contributed by atoms with Crippen LogP contribution < -0.4 is 10.6 Å². The van der Waals surface area contributed by atoms with Crippen molar-refractivity contribution in [1.29, 1.82) is 0 Å². The number of hydrogen-bond donors (Lipinski definition) is 2. The zero-order chi connectivity index (χ0) is 19.8. The number of aromatic nitrogens is 3. The summed E-state index contributed by atoms with van der Waals surface area (Å²) < 4.78 is 7.40. The van der Waals surface area contributed by atoms with E-state index in [1.807, 2.05) is 30.0 Å². The fourth-order valence-corrected chi connectivity index (χ4v) is 3.18. The number of aryl methyl sites for hydroxylation is 1. The molecular weight excluding hydrogens is 354 g/mol. The van der Waals surface area contributed by atoms with Crippen LogP contribution in [-0.4, -0.2) is 70.8 Å². The van der Waals surface area contributed by atoms with Gasteiger partial charge >= 0.3 is 0 Å². The summed E-state index contributed by atoms with van der Waals surface area (Å²) in [4.78, 5) is 15.9. The number of nitrogens with zero attached hydrogens (tertiary/aromatic N) is 5. The molecule has 1 aliphatic heterocycles. The summed E-state index contributed by atoms with van der Waals surface area (Å²) in [6.45, 7) is 12.2. The molecule has 0 bridgehead atoms. The average Bonchev–Trinajstić information content (AvgIpc) is 3.16. The molecule has 0 aromatic carbocycles. The molecule has 1 unspecified atom stereocenters. The van der Waals surface area contributed by atoms with Gasteiger partial charge in [-0.3, -0.25) is 9.47 Å². The molecule has 0 aliphatic carbocycles. The highest BCUT2D eigenvalue weighted by atomic mass is 16.5. The maximum Gasteiger partial charge on any atom is 0.191 e. The highest BCUT2D eigenvalue weighted by molar-refractivity contribution is 5.79. The smallest absolute Gasteiger partial charge is 0.191 e. The number of rotatable bonds is 7. The number of pyridine rings is 1. The van der Waals surface area contributed by atoms with Gasteiger partial charge in [0, 0.05) is 50.8 Å². The summed E-state index contributed by atoms with van der Waals surface area (Å²) >= 11 is 0. The second kappa shape index (κ2) is 10.2. The molecule has 8 heteroatoms. The summed E-state index contributed by atoms with van der Waals surface area (Å²) in [6, 6.07) is 4.50. The summed E-state index contributed by atoms with van der Waals surface area (Å²) in [7, 11) is 0. The van der Waals surface area contributed by atoms with E-state index < -0.39 is 0 Å². The first-order chi connectivity index (χ1) is 13.7. The number of aliphatic imine (C=N–C) groups is 1. The third-order valence-corrected chi connectivity index (χ3v) is 4.88. The molecule has 1 saturated heterocycles. The number of imidazole rings is 1. The molecule has 28 heavy (non-hydrogen) atoms. The molecule has 8 nitrogen and oxygen atoms in total. The Morgan fingerprint density at radius 1 is 1.25 bits per heavy atom. The third kappa shape index (κ3) is 5.53. The van der Waals surface area contributed by atoms with Crippen molar-refractivity contribution in [2.45, 2.75) is 33.4 Å². The van der Waals surface area contributed by atoms with E-state index in [1.54, 1.807) is 6.20 Å². The first kappa shape index (κ1) is 20.3. The lowest BCUT2D eigenvalue weighted by Crippen LogP contribution is -2.49. The molecule has 3 heterocycles. The second-order valence-corrected chi connectivity index (χ2v) is 6.94. The monoisotopic (exact) mass is 385 g/mol. The van der Waals surface area contributed by atoms with Gasteiger partial charge in [0.25, 0.3) is 0 Å². The van der Waals surface area contributed by atoms with E-state index in [1.165, 1.54) is 0 Å². The van der Waals surface area contributed by atoms with Crippen molar-refractivity contribution >= 4 is 5.96 Å². The van der Waals surface area contributed by atoms with Crippen LogP contribution in [0.5, 0.6) is 0 Å². The van der Waals surface area contributed by atoms with Crippen molar-refractivity contribution in [3.8, 4) is 5.82 Å². The number of ether oxygens (including phenoxy) is 1. The van der Waals surface area contributed by atoms with E-state index in [-0.39, 0.29) is 0 Å². The van der Waals surface area contributed by atoms with E-state index in [2.05, 4.69) is 45.4 Å². The normalized spacial score (nSPS) is 16.8. The van der Waals surface area contributed by atoms with Gasteiger partial charge in [0.2, 0.25) is 0 Å². The van der Waals surface area contributed by atoms with Crippen molar-refractivity contribution in [3.05, 3.63) is 42.1 Å². The highest BCUT2D eigenvalue weighted by Gasteiger charge is 2.17. The van der Waals surface area contributed by atoms with Crippen molar-refractivity contribution in [3.63, 3.8) is 0 Å². The molecule has 152 valence electrons. The Bertz CT molecular complexity index is 750. The van der Waals surface area contributed by atoms with Crippen LogP contribution in [0.15, 0.2) is 35.7 Å². The second-order valence-electron chi connectivity index (χ2n) is 6.94. The Morgan fingerprint density at radius 3 is 2.71 bits per heavy atom. The molecule has 0 radical (unpaired) electrons. The molecule has 2 aromatic heterocycles. The molecule has 1 fully saturated rings. The maximum atomic E-state index is 5.43. The molecule has 1 aliphatic rings. The predicted octanol–water partition coefficient (Wildman–Crippen LogP) is 1.35. The van der Waals surface area contributed by atoms with Gasteiger partial charge in [0.15, 0.2) is 5.96 Å². The Balaban J connectivity index is 1.55. The number of morpholine rings is 1. The van der Waals surface area contributed by atoms with E-state index >= 15 is 0 Å². The van der Waals surface area contributed by atoms with Crippen molar-refractivity contribution in [2.75, 3.05) is 39.4 Å². The molecule has 0 spiro atoms. The average molecular weight is 386 g/mol. The SMILES string of the molecule is CCNC(=NCc1ccc(-n2ccnc2C)nc1)NCC(C)N1CCOCC1. The predicted molar refractivity (Wildman–Crippen MR) is 111 cm³/mol. The quantitative estimate of drug-likeness (QED) is 0.553. The molecule has 2 N–H and O–H groups in total. The van der Waals surface area contributed by atoms with Gasteiger partial charge < -0.3 is 15.4 Å². The molecule has 0 saturated carbocycles. The van der Waals surface area contributed by atoms with Crippen molar-refractivity contribution in [1.82, 2.24) is 30.1 Å². The van der Waals surface area contributed by atoms with Crippen LogP contribution >= 0.6 is 0 Å². The lowest BCUT2D eigenvalue weighted by molar-refractivity contribution is 0.0211. The van der Waals surface area contributed by atoms with Gasteiger partial charge in [-0.25, -0.2) is 15.0 Å². The van der Waals surface area contributed by atoms with Gasteiger partial charge in [-0.05, 0) is 32.4 Å². The van der Waals surface area contributed by atoms with Gasteiger partial charge in [-0.2, -0.15) is 0 Å². The van der Waals surface area contributed by atoms with Crippen molar-refractivity contribution in [2.24, 2.45) is 4.99 Å². The molecule has 0 amide bonds. The summed E-state index contributed by atoms with van der Waals surface area (Å²) in [5, 5.41) is 6.77. The van der Waals surface area contributed by atoms with Gasteiger partial charge in [-0.15, -0.1) is 0 Å². The minimum absolute atomic E-state index is 0.437. The van der Waals surface area contributed by atoms with Gasteiger partial charge in [0.1, 0.15) is 11.6 Å². The van der Waals surface area contributed by atoms with Crippen LogP contribution in [0.2, 0.25) is 0 Å². The Kier molecular flexibility index (Phi) is 7.39. The third-order valence-electron chi connectivity index (χ3n) is 4.88. The van der Waals surface area contributed by atoms with Crippen LogP contribution in [0.1, 0.15) is 25.2 Å². The van der Waals surface area contributed by atoms with E-state index in [4.69, 9.17) is 9.73 Å². The summed E-state index contributed by atoms with van der Waals surface area (Å²) in [5.74, 6) is 2.62. The minimum atomic E-state index is 0.437. The lowest BCUT2D eigenvalue weighted by Gasteiger charge is -2.32. The van der Waals surface area contributed by atoms with Crippen LogP contribution in [0.25, 0.3) is 5.82 Å².